The van der Waals surface area contributed by atoms with Gasteiger partial charge in [0.15, 0.2) is 0 Å². The summed E-state index contributed by atoms with van der Waals surface area (Å²) >= 11 is 5.89. The highest BCUT2D eigenvalue weighted by Gasteiger charge is 2.20. The van der Waals surface area contributed by atoms with Gasteiger partial charge in [0.05, 0.1) is 0 Å². The van der Waals surface area contributed by atoms with Gasteiger partial charge in [0.25, 0.3) is 0 Å². The van der Waals surface area contributed by atoms with E-state index in [1.165, 1.54) is 0 Å². The van der Waals surface area contributed by atoms with E-state index in [4.69, 9.17) is 21.4 Å². The highest BCUT2D eigenvalue weighted by atomic mass is 35.5. The molecule has 122 valence electrons. The average Bonchev–Trinajstić information content (AvgIpc) is 2.54. The molecule has 0 spiro atoms. The van der Waals surface area contributed by atoms with Crippen LogP contribution < -0.4 is 5.32 Å². The lowest BCUT2D eigenvalue weighted by Crippen LogP contribution is -2.46. The zero-order valence-electron chi connectivity index (χ0n) is 12.6. The number of urea groups is 1. The number of nitrogens with one attached hydrogen (secondary N) is 1. The van der Waals surface area contributed by atoms with Crippen LogP contribution in [-0.4, -0.2) is 48.4 Å². The van der Waals surface area contributed by atoms with Gasteiger partial charge < -0.3 is 20.1 Å². The largest absolute Gasteiger partial charge is 0.396 e. The van der Waals surface area contributed by atoms with Gasteiger partial charge in [-0.2, -0.15) is 0 Å². The molecule has 0 saturated carbocycles. The summed E-state index contributed by atoms with van der Waals surface area (Å²) < 4.78 is 5.30. The van der Waals surface area contributed by atoms with Crippen LogP contribution in [0, 0.1) is 0 Å². The van der Waals surface area contributed by atoms with Crippen LogP contribution in [0.2, 0.25) is 5.02 Å². The van der Waals surface area contributed by atoms with Gasteiger partial charge in [-0.15, -0.1) is 0 Å². The molecule has 22 heavy (non-hydrogen) atoms. The van der Waals surface area contributed by atoms with Crippen LogP contribution in [0.25, 0.3) is 0 Å². The minimum atomic E-state index is -0.0877. The van der Waals surface area contributed by atoms with Crippen LogP contribution >= 0.6 is 11.6 Å². The number of nitrogens with zero attached hydrogens (tertiary/aromatic N) is 1. The molecule has 0 radical (unpaired) electrons. The average molecular weight is 327 g/mol. The number of carbonyl (C=O) groups excluding carboxylic acids is 1. The van der Waals surface area contributed by atoms with Gasteiger partial charge >= 0.3 is 6.03 Å². The number of aliphatic hydroxyl groups excluding tert-OH is 1. The summed E-state index contributed by atoms with van der Waals surface area (Å²) in [4.78, 5) is 14.2. The van der Waals surface area contributed by atoms with Crippen molar-refractivity contribution in [2.45, 2.75) is 31.8 Å². The number of rotatable bonds is 6. The van der Waals surface area contributed by atoms with Gasteiger partial charge in [-0.3, -0.25) is 0 Å². The van der Waals surface area contributed by atoms with Crippen LogP contribution in [0.1, 0.15) is 24.8 Å². The third-order valence-electron chi connectivity index (χ3n) is 3.71. The van der Waals surface area contributed by atoms with Crippen molar-refractivity contribution in [1.29, 1.82) is 0 Å². The molecule has 0 unspecified atom stereocenters. The number of aliphatic hydroxyl groups is 1. The summed E-state index contributed by atoms with van der Waals surface area (Å²) in [6.45, 7) is 2.49. The smallest absolute Gasteiger partial charge is 0.317 e. The van der Waals surface area contributed by atoms with E-state index in [1.807, 2.05) is 24.3 Å². The maximum absolute atomic E-state index is 12.5. The van der Waals surface area contributed by atoms with Gasteiger partial charge in [0.2, 0.25) is 0 Å². The Balaban J connectivity index is 1.94. The van der Waals surface area contributed by atoms with Gasteiger partial charge in [-0.05, 0) is 37.0 Å². The van der Waals surface area contributed by atoms with E-state index in [0.717, 1.165) is 18.4 Å². The van der Waals surface area contributed by atoms with Crippen molar-refractivity contribution in [3.63, 3.8) is 0 Å². The van der Waals surface area contributed by atoms with E-state index in [2.05, 4.69) is 5.32 Å². The quantitative estimate of drug-likeness (QED) is 0.844. The summed E-state index contributed by atoms with van der Waals surface area (Å²) in [5.41, 5.74) is 1.02. The van der Waals surface area contributed by atoms with Crippen molar-refractivity contribution in [3.05, 3.63) is 34.9 Å². The van der Waals surface area contributed by atoms with Crippen LogP contribution in [-0.2, 0) is 11.3 Å². The normalized spacial score (nSPS) is 15.5. The van der Waals surface area contributed by atoms with Crippen LogP contribution in [0.4, 0.5) is 4.79 Å². The highest BCUT2D eigenvalue weighted by molar-refractivity contribution is 6.30. The molecular formula is C16H23ClN2O3. The third-order valence-corrected chi connectivity index (χ3v) is 3.96. The fraction of sp³-hybridized carbons (Fsp3) is 0.562. The fourth-order valence-corrected chi connectivity index (χ4v) is 2.56. The Bertz CT molecular complexity index is 461. The van der Waals surface area contributed by atoms with Crippen LogP contribution in [0.5, 0.6) is 0 Å². The zero-order chi connectivity index (χ0) is 15.8. The Kier molecular flexibility index (Phi) is 6.96. The minimum absolute atomic E-state index is 0.0711. The molecule has 2 rings (SSSR count). The molecule has 0 bridgehead atoms. The van der Waals surface area contributed by atoms with E-state index in [-0.39, 0.29) is 18.7 Å². The lowest BCUT2D eigenvalue weighted by Gasteiger charge is -2.28. The first-order valence-electron chi connectivity index (χ1n) is 7.67. The predicted octanol–water partition coefficient (Wildman–Crippen LogP) is 2.41. The molecule has 1 aromatic rings. The maximum atomic E-state index is 12.5. The third kappa shape index (κ3) is 5.48. The molecule has 1 aliphatic heterocycles. The predicted molar refractivity (Wildman–Crippen MR) is 85.9 cm³/mol. The molecule has 0 aromatic heterocycles. The summed E-state index contributed by atoms with van der Waals surface area (Å²) in [7, 11) is 0. The fourth-order valence-electron chi connectivity index (χ4n) is 2.43. The first-order valence-corrected chi connectivity index (χ1v) is 8.05. The topological polar surface area (TPSA) is 61.8 Å². The number of benzene rings is 1. The maximum Gasteiger partial charge on any atom is 0.317 e. The number of amides is 2. The molecule has 1 fully saturated rings. The first kappa shape index (κ1) is 17.1. The van der Waals surface area contributed by atoms with Crippen molar-refractivity contribution in [3.8, 4) is 0 Å². The van der Waals surface area contributed by atoms with E-state index in [1.54, 1.807) is 4.90 Å². The van der Waals surface area contributed by atoms with Crippen LogP contribution in [0.3, 0.4) is 0 Å². The Morgan fingerprint density at radius 1 is 1.32 bits per heavy atom. The monoisotopic (exact) mass is 326 g/mol. The molecule has 1 aliphatic rings. The summed E-state index contributed by atoms with van der Waals surface area (Å²) in [5, 5.41) is 12.8. The summed E-state index contributed by atoms with van der Waals surface area (Å²) in [6, 6.07) is 7.54. The number of ether oxygens (including phenoxy) is 1. The Labute approximate surface area is 136 Å². The minimum Gasteiger partial charge on any atom is -0.396 e. The van der Waals surface area contributed by atoms with Crippen molar-refractivity contribution in [1.82, 2.24) is 10.2 Å². The van der Waals surface area contributed by atoms with Gasteiger partial charge in [0, 0.05) is 44.0 Å². The molecule has 1 saturated heterocycles. The van der Waals surface area contributed by atoms with E-state index in [0.29, 0.717) is 37.7 Å². The molecule has 2 amide bonds. The Hall–Kier alpha value is -1.30. The lowest BCUT2D eigenvalue weighted by atomic mass is 10.1. The number of carbonyl (C=O) groups is 1. The molecule has 1 heterocycles. The number of hydrogen-bond donors (Lipinski definition) is 2. The summed E-state index contributed by atoms with van der Waals surface area (Å²) in [6.07, 6.45) is 2.26. The Morgan fingerprint density at radius 2 is 2.00 bits per heavy atom. The van der Waals surface area contributed by atoms with E-state index >= 15 is 0 Å². The second-order valence-corrected chi connectivity index (χ2v) is 5.90. The molecule has 2 N–H and O–H groups in total. The van der Waals surface area contributed by atoms with Crippen molar-refractivity contribution in [2.24, 2.45) is 0 Å². The second kappa shape index (κ2) is 8.98. The molecular weight excluding hydrogens is 304 g/mol. The number of hydrogen-bond acceptors (Lipinski definition) is 3. The standard InChI is InChI=1S/C16H23ClN2O3/c17-14-4-2-13(3-5-14)12-19(8-1-9-20)16(21)18-15-6-10-22-11-7-15/h2-5,15,20H,1,6-12H2,(H,18,21). The highest BCUT2D eigenvalue weighted by Crippen LogP contribution is 2.13. The van der Waals surface area contributed by atoms with Crippen molar-refractivity contribution < 1.29 is 14.6 Å². The zero-order valence-corrected chi connectivity index (χ0v) is 13.4. The Morgan fingerprint density at radius 3 is 2.64 bits per heavy atom. The van der Waals surface area contributed by atoms with Gasteiger partial charge in [-0.25, -0.2) is 4.79 Å². The molecule has 5 nitrogen and oxygen atoms in total. The van der Waals surface area contributed by atoms with E-state index < -0.39 is 0 Å². The lowest BCUT2D eigenvalue weighted by molar-refractivity contribution is 0.0777. The van der Waals surface area contributed by atoms with Crippen molar-refractivity contribution >= 4 is 17.6 Å². The SMILES string of the molecule is O=C(NC1CCOCC1)N(CCCO)Cc1ccc(Cl)cc1. The molecule has 6 heteroatoms. The van der Waals surface area contributed by atoms with Crippen LogP contribution in [0.15, 0.2) is 24.3 Å². The summed E-state index contributed by atoms with van der Waals surface area (Å²) in [5.74, 6) is 0. The first-order chi connectivity index (χ1) is 10.7. The van der Waals surface area contributed by atoms with Crippen molar-refractivity contribution in [2.75, 3.05) is 26.4 Å². The van der Waals surface area contributed by atoms with E-state index in [9.17, 15) is 4.79 Å². The molecule has 0 atom stereocenters. The molecule has 1 aromatic carbocycles. The van der Waals surface area contributed by atoms with Gasteiger partial charge in [-0.1, -0.05) is 23.7 Å². The second-order valence-electron chi connectivity index (χ2n) is 5.46. The van der Waals surface area contributed by atoms with Gasteiger partial charge in [0.1, 0.15) is 0 Å². The number of halogens is 1. The molecule has 0 aliphatic carbocycles.